The molecule has 0 N–H and O–H groups in total. The Hall–Kier alpha value is -8.08. The number of rotatable bonds is 14. The third-order valence-corrected chi connectivity index (χ3v) is 11.2. The molecule has 1 aliphatic heterocycles. The van der Waals surface area contributed by atoms with E-state index in [2.05, 4.69) is 9.47 Å². The van der Waals surface area contributed by atoms with Crippen LogP contribution in [0, 0.1) is 11.3 Å². The SMILES string of the molecule is CCCCOC(=O)C(C#N)=C1Sc2c(OC(=O)c3ccc(OC(=O)c4ccc(OC(=O)OC)cc4)cc3)ccc(OC(=O)c3ccc(OC(=O)c4ccc(OC(=O)OC)cc4)cc3)c2S1. The number of nitrogens with zero attached hydrogens (tertiary/aromatic N) is 1. The molecule has 5 aromatic rings. The Bertz CT molecular complexity index is 2540. The van der Waals surface area contributed by atoms with Crippen molar-refractivity contribution in [2.24, 2.45) is 0 Å². The Balaban J connectivity index is 1.16. The van der Waals surface area contributed by atoms with Gasteiger partial charge in [-0.05, 0) is 116 Å². The van der Waals surface area contributed by atoms with Gasteiger partial charge in [0.2, 0.25) is 0 Å². The summed E-state index contributed by atoms with van der Waals surface area (Å²) >= 11 is 1.89. The Labute approximate surface area is 378 Å². The highest BCUT2D eigenvalue weighted by molar-refractivity contribution is 8.24. The van der Waals surface area contributed by atoms with Gasteiger partial charge in [0.05, 0.1) is 57.1 Å². The molecule has 0 aromatic heterocycles. The van der Waals surface area contributed by atoms with Crippen LogP contribution < -0.4 is 28.4 Å². The number of hydrogen-bond acceptors (Lipinski definition) is 19. The van der Waals surface area contributed by atoms with E-state index in [9.17, 15) is 38.8 Å². The third-order valence-electron chi connectivity index (χ3n) is 8.60. The number of esters is 5. The lowest BCUT2D eigenvalue weighted by Gasteiger charge is -2.12. The predicted molar refractivity (Wildman–Crippen MR) is 228 cm³/mol. The maximum Gasteiger partial charge on any atom is 0.513 e. The van der Waals surface area contributed by atoms with Crippen LogP contribution in [0.2, 0.25) is 0 Å². The molecule has 330 valence electrons. The molecule has 5 aromatic carbocycles. The first-order chi connectivity index (χ1) is 31.4. The van der Waals surface area contributed by atoms with E-state index in [1.807, 2.05) is 13.0 Å². The van der Waals surface area contributed by atoms with Crippen molar-refractivity contribution < 1.29 is 76.2 Å². The zero-order valence-corrected chi connectivity index (χ0v) is 35.9. The first kappa shape index (κ1) is 46.4. The molecule has 1 aliphatic rings. The van der Waals surface area contributed by atoms with Gasteiger partial charge in [-0.1, -0.05) is 36.9 Å². The van der Waals surface area contributed by atoms with Gasteiger partial charge in [-0.25, -0.2) is 33.6 Å². The van der Waals surface area contributed by atoms with Crippen molar-refractivity contribution in [3.63, 3.8) is 0 Å². The number of carbonyl (C=O) groups excluding carboxylic acids is 7. The largest absolute Gasteiger partial charge is 0.513 e. The zero-order chi connectivity index (χ0) is 46.5. The Kier molecular flexibility index (Phi) is 15.6. The predicted octanol–water partition coefficient (Wildman–Crippen LogP) is 9.13. The van der Waals surface area contributed by atoms with Crippen molar-refractivity contribution >= 4 is 65.7 Å². The van der Waals surface area contributed by atoms with Crippen LogP contribution in [0.3, 0.4) is 0 Å². The van der Waals surface area contributed by atoms with Crippen LogP contribution in [0.1, 0.15) is 61.2 Å². The number of fused-ring (bicyclic) bond motifs is 1. The second-order valence-corrected chi connectivity index (χ2v) is 15.3. The highest BCUT2D eigenvalue weighted by Gasteiger charge is 2.33. The van der Waals surface area contributed by atoms with Gasteiger partial charge in [0.25, 0.3) is 0 Å². The lowest BCUT2D eigenvalue weighted by molar-refractivity contribution is -0.138. The Morgan fingerprint density at radius 3 is 1.15 bits per heavy atom. The normalized spacial score (nSPS) is 11.1. The van der Waals surface area contributed by atoms with Gasteiger partial charge in [-0.15, -0.1) is 0 Å². The van der Waals surface area contributed by atoms with E-state index in [1.165, 1.54) is 109 Å². The van der Waals surface area contributed by atoms with E-state index < -0.39 is 42.2 Å². The van der Waals surface area contributed by atoms with Gasteiger partial charge < -0.3 is 42.6 Å². The molecule has 0 spiro atoms. The van der Waals surface area contributed by atoms with Gasteiger partial charge in [0.15, 0.2) is 5.57 Å². The summed E-state index contributed by atoms with van der Waals surface area (Å²) in [5.74, 6) is -3.38. The first-order valence-electron chi connectivity index (χ1n) is 19.0. The van der Waals surface area contributed by atoms with Crippen LogP contribution >= 0.6 is 23.5 Å². The van der Waals surface area contributed by atoms with Gasteiger partial charge in [0, 0.05) is 0 Å². The molecular formula is C46H33NO16S2. The molecular weight excluding hydrogens is 887 g/mol. The molecule has 1 heterocycles. The van der Waals surface area contributed by atoms with Crippen LogP contribution in [0.15, 0.2) is 129 Å². The fourth-order valence-electron chi connectivity index (χ4n) is 5.31. The van der Waals surface area contributed by atoms with Gasteiger partial charge in [0.1, 0.15) is 40.6 Å². The first-order valence-corrected chi connectivity index (χ1v) is 20.7. The number of ether oxygens (including phenoxy) is 9. The van der Waals surface area contributed by atoms with Crippen molar-refractivity contribution in [2.75, 3.05) is 20.8 Å². The maximum absolute atomic E-state index is 13.4. The summed E-state index contributed by atoms with van der Waals surface area (Å²) in [6, 6.07) is 26.8. The summed E-state index contributed by atoms with van der Waals surface area (Å²) in [5, 5.41) is 9.99. The number of benzene rings is 5. The summed E-state index contributed by atoms with van der Waals surface area (Å²) in [6.45, 7) is 2.01. The Morgan fingerprint density at radius 2 is 0.831 bits per heavy atom. The lowest BCUT2D eigenvalue weighted by atomic mass is 10.2. The van der Waals surface area contributed by atoms with E-state index >= 15 is 0 Å². The molecule has 0 aliphatic carbocycles. The Morgan fingerprint density at radius 1 is 0.492 bits per heavy atom. The quantitative estimate of drug-likeness (QED) is 0.0192. The van der Waals surface area contributed by atoms with Crippen LogP contribution in [0.4, 0.5) is 9.59 Å². The third kappa shape index (κ3) is 12.1. The van der Waals surface area contributed by atoms with Crippen molar-refractivity contribution in [1.29, 1.82) is 5.26 Å². The molecule has 0 unspecified atom stereocenters. The molecule has 0 atom stereocenters. The second-order valence-electron chi connectivity index (χ2n) is 13.0. The fraction of sp³-hybridized carbons (Fsp3) is 0.130. The average molecular weight is 920 g/mol. The molecule has 0 bridgehead atoms. The molecule has 17 nitrogen and oxygen atoms in total. The lowest BCUT2D eigenvalue weighted by Crippen LogP contribution is -2.12. The molecule has 0 saturated carbocycles. The molecule has 0 fully saturated rings. The number of unbranched alkanes of at least 4 members (excludes halogenated alkanes) is 1. The standard InChI is InChI=1S/C46H33NO16S2/c1-4-5-24-57-43(52)34(25-47)44-64-37-35(62-41(50)28-6-14-30(15-7-28)58-39(48)26-10-18-32(19-11-26)60-45(53)55-2)22-23-36(38(37)65-44)63-42(51)29-8-16-31(17-9-29)59-40(49)27-12-20-33(21-13-27)61-46(54)56-3/h6-23H,4-5,24H2,1-3H3. The maximum atomic E-state index is 13.4. The summed E-state index contributed by atoms with van der Waals surface area (Å²) < 4.78 is 46.5. The monoisotopic (exact) mass is 919 g/mol. The summed E-state index contributed by atoms with van der Waals surface area (Å²) in [6.07, 6.45) is -0.506. The van der Waals surface area contributed by atoms with Crippen molar-refractivity contribution in [1.82, 2.24) is 0 Å². The highest BCUT2D eigenvalue weighted by atomic mass is 32.2. The number of thioether (sulfide) groups is 2. The minimum atomic E-state index is -0.921. The van der Waals surface area contributed by atoms with E-state index in [1.54, 1.807) is 0 Å². The number of nitriles is 1. The van der Waals surface area contributed by atoms with E-state index in [4.69, 9.17) is 33.2 Å². The van der Waals surface area contributed by atoms with E-state index in [0.29, 0.717) is 6.42 Å². The van der Waals surface area contributed by atoms with Crippen LogP contribution in [-0.4, -0.2) is 63.0 Å². The molecule has 0 saturated heterocycles. The molecule has 0 radical (unpaired) electrons. The summed E-state index contributed by atoms with van der Waals surface area (Å²) in [5.41, 5.74) is 0.142. The number of hydrogen-bond donors (Lipinski definition) is 0. The van der Waals surface area contributed by atoms with E-state index in [0.717, 1.165) is 44.2 Å². The van der Waals surface area contributed by atoms with Gasteiger partial charge in [-0.2, -0.15) is 5.26 Å². The second kappa shape index (κ2) is 21.8. The van der Waals surface area contributed by atoms with Crippen molar-refractivity contribution in [2.45, 2.75) is 29.6 Å². The van der Waals surface area contributed by atoms with Crippen LogP contribution in [-0.2, 0) is 19.0 Å². The number of methoxy groups -OCH3 is 2. The van der Waals surface area contributed by atoms with Gasteiger partial charge in [-0.3, -0.25) is 0 Å². The topological polar surface area (TPSA) is 226 Å². The molecule has 65 heavy (non-hydrogen) atoms. The smallest absolute Gasteiger partial charge is 0.462 e. The fourth-order valence-corrected chi connectivity index (χ4v) is 7.86. The van der Waals surface area contributed by atoms with E-state index in [-0.39, 0.29) is 83.0 Å². The zero-order valence-electron chi connectivity index (χ0n) is 34.3. The van der Waals surface area contributed by atoms with Crippen molar-refractivity contribution in [3.8, 4) is 40.6 Å². The molecule has 6 rings (SSSR count). The minimum Gasteiger partial charge on any atom is -0.462 e. The minimum absolute atomic E-state index is 0.0147. The molecule has 19 heteroatoms. The number of carbonyl (C=O) groups is 7. The van der Waals surface area contributed by atoms with Crippen molar-refractivity contribution in [3.05, 3.63) is 141 Å². The molecule has 0 amide bonds. The summed E-state index contributed by atoms with van der Waals surface area (Å²) in [4.78, 5) is 88.4. The van der Waals surface area contributed by atoms with Crippen LogP contribution in [0.25, 0.3) is 0 Å². The van der Waals surface area contributed by atoms with Crippen LogP contribution in [0.5, 0.6) is 34.5 Å². The van der Waals surface area contributed by atoms with Gasteiger partial charge >= 0.3 is 42.2 Å². The summed E-state index contributed by atoms with van der Waals surface area (Å²) in [7, 11) is 2.32. The average Bonchev–Trinajstić information content (AvgIpc) is 3.76. The highest BCUT2D eigenvalue weighted by Crippen LogP contribution is 2.59.